The molecule has 0 spiro atoms. The number of amides is 2. The van der Waals surface area contributed by atoms with Crippen LogP contribution in [0.3, 0.4) is 0 Å². The van der Waals surface area contributed by atoms with E-state index in [1.165, 1.54) is 12.1 Å². The van der Waals surface area contributed by atoms with Crippen molar-refractivity contribution >= 4 is 29.3 Å². The summed E-state index contributed by atoms with van der Waals surface area (Å²) in [7, 11) is 0. The van der Waals surface area contributed by atoms with Crippen LogP contribution in [0.2, 0.25) is 0 Å². The summed E-state index contributed by atoms with van der Waals surface area (Å²) in [4.78, 5) is 43.5. The Morgan fingerprint density at radius 3 is 2.61 bits per heavy atom. The molecule has 1 aliphatic heterocycles. The third-order valence-corrected chi connectivity index (χ3v) is 6.72. The maximum Gasteiger partial charge on any atom is 0.326 e. The van der Waals surface area contributed by atoms with Crippen molar-refractivity contribution in [3.63, 3.8) is 0 Å². The monoisotopic (exact) mass is 518 g/mol. The number of halogens is 1. The van der Waals surface area contributed by atoms with Crippen molar-refractivity contribution in [2.75, 3.05) is 23.3 Å². The van der Waals surface area contributed by atoms with Gasteiger partial charge in [0.15, 0.2) is 0 Å². The Morgan fingerprint density at radius 1 is 1.18 bits per heavy atom. The van der Waals surface area contributed by atoms with Gasteiger partial charge in [-0.05, 0) is 66.4 Å². The number of carbonyl (C=O) groups is 3. The lowest BCUT2D eigenvalue weighted by atomic mass is 9.98. The summed E-state index contributed by atoms with van der Waals surface area (Å²) < 4.78 is 13.8. The molecule has 9 heteroatoms. The van der Waals surface area contributed by atoms with Gasteiger partial charge >= 0.3 is 5.97 Å². The second-order valence-corrected chi connectivity index (χ2v) is 9.52. The van der Waals surface area contributed by atoms with Gasteiger partial charge in [0.2, 0.25) is 5.91 Å². The van der Waals surface area contributed by atoms with Crippen molar-refractivity contribution in [3.8, 4) is 0 Å². The van der Waals surface area contributed by atoms with E-state index in [0.717, 1.165) is 11.5 Å². The first-order chi connectivity index (χ1) is 18.2. The average Bonchev–Trinajstić information content (AvgIpc) is 3.27. The maximum absolute atomic E-state index is 13.8. The highest BCUT2D eigenvalue weighted by molar-refractivity contribution is 5.99. The second kappa shape index (κ2) is 11.9. The molecule has 1 fully saturated rings. The maximum atomic E-state index is 13.8. The van der Waals surface area contributed by atoms with Gasteiger partial charge in [0.05, 0.1) is 0 Å². The van der Waals surface area contributed by atoms with E-state index in [4.69, 9.17) is 0 Å². The lowest BCUT2D eigenvalue weighted by Gasteiger charge is -2.19. The van der Waals surface area contributed by atoms with E-state index in [1.807, 2.05) is 25.1 Å². The van der Waals surface area contributed by atoms with Crippen molar-refractivity contribution in [1.29, 1.82) is 0 Å². The normalized spacial score (nSPS) is 15.8. The van der Waals surface area contributed by atoms with Gasteiger partial charge < -0.3 is 20.6 Å². The van der Waals surface area contributed by atoms with E-state index in [0.29, 0.717) is 48.2 Å². The molecule has 2 atom stereocenters. The Labute approximate surface area is 220 Å². The van der Waals surface area contributed by atoms with E-state index in [1.54, 1.807) is 42.3 Å². The minimum absolute atomic E-state index is 0.0302. The largest absolute Gasteiger partial charge is 0.480 e. The molecule has 0 saturated carbocycles. The fraction of sp³-hybridized carbons (Fsp3) is 0.310. The van der Waals surface area contributed by atoms with Gasteiger partial charge in [0, 0.05) is 49.3 Å². The number of carboxylic acids is 1. The minimum atomic E-state index is -1.17. The van der Waals surface area contributed by atoms with Crippen molar-refractivity contribution in [1.82, 2.24) is 10.3 Å². The summed E-state index contributed by atoms with van der Waals surface area (Å²) in [6.45, 7) is 4.64. The van der Waals surface area contributed by atoms with Crippen LogP contribution in [0.4, 0.5) is 15.9 Å². The predicted molar refractivity (Wildman–Crippen MR) is 143 cm³/mol. The number of nitrogens with zero attached hydrogens (tertiary/aromatic N) is 2. The molecule has 0 bridgehead atoms. The molecular formula is C29H31FN4O4. The molecule has 198 valence electrons. The molecule has 1 aromatic heterocycles. The summed E-state index contributed by atoms with van der Waals surface area (Å²) in [5.74, 6) is -1.21. The fourth-order valence-corrected chi connectivity index (χ4v) is 4.78. The van der Waals surface area contributed by atoms with Crippen LogP contribution >= 0.6 is 0 Å². The molecule has 2 heterocycles. The molecule has 0 radical (unpaired) electrons. The van der Waals surface area contributed by atoms with Gasteiger partial charge in [0.1, 0.15) is 17.7 Å². The number of anilines is 2. The lowest BCUT2D eigenvalue weighted by Crippen LogP contribution is -2.42. The quantitative estimate of drug-likeness (QED) is 0.374. The van der Waals surface area contributed by atoms with Gasteiger partial charge in [-0.2, -0.15) is 0 Å². The Balaban J connectivity index is 1.39. The molecule has 1 aliphatic rings. The van der Waals surface area contributed by atoms with E-state index in [-0.39, 0.29) is 18.2 Å². The van der Waals surface area contributed by atoms with Gasteiger partial charge in [-0.25, -0.2) is 14.2 Å². The van der Waals surface area contributed by atoms with Gasteiger partial charge in [-0.3, -0.25) is 9.59 Å². The second-order valence-electron chi connectivity index (χ2n) is 9.52. The topological polar surface area (TPSA) is 112 Å². The standard InChI is InChI=1S/C29H31FN4O4/c1-3-21-15-22(30)12-18(2)27(21)28(36)33-24(29(37)38)13-19-7-9-23(10-8-19)34-17-20(14-26(34)35)16-32-25-6-4-5-11-31-25/h4-12,15,20,24H,3,13-14,16-17H2,1-2H3,(H,31,32)(H,33,36)(H,37,38). The van der Waals surface area contributed by atoms with E-state index < -0.39 is 23.7 Å². The number of carbonyl (C=O) groups excluding carboxylic acids is 2. The predicted octanol–water partition coefficient (Wildman–Crippen LogP) is 3.98. The van der Waals surface area contributed by atoms with Crippen LogP contribution in [-0.4, -0.2) is 47.0 Å². The third-order valence-electron chi connectivity index (χ3n) is 6.72. The number of hydrogen-bond acceptors (Lipinski definition) is 5. The number of benzene rings is 2. The number of aryl methyl sites for hydroxylation is 2. The number of aromatic nitrogens is 1. The summed E-state index contributed by atoms with van der Waals surface area (Å²) in [6, 6.07) is 14.1. The van der Waals surface area contributed by atoms with Gasteiger partial charge in [0.25, 0.3) is 5.91 Å². The molecule has 3 aromatic rings. The van der Waals surface area contributed by atoms with Crippen LogP contribution in [0.1, 0.15) is 40.4 Å². The van der Waals surface area contributed by atoms with Crippen LogP contribution < -0.4 is 15.5 Å². The number of hydrogen-bond donors (Lipinski definition) is 3. The Bertz CT molecular complexity index is 1310. The molecule has 2 amide bonds. The first-order valence-corrected chi connectivity index (χ1v) is 12.6. The van der Waals surface area contributed by atoms with Crippen LogP contribution in [0.25, 0.3) is 0 Å². The molecule has 38 heavy (non-hydrogen) atoms. The first-order valence-electron chi connectivity index (χ1n) is 12.6. The molecule has 4 rings (SSSR count). The van der Waals surface area contributed by atoms with Crippen molar-refractivity contribution in [3.05, 3.63) is 88.9 Å². The van der Waals surface area contributed by atoms with Crippen LogP contribution in [0, 0.1) is 18.7 Å². The van der Waals surface area contributed by atoms with E-state index in [2.05, 4.69) is 15.6 Å². The summed E-state index contributed by atoms with van der Waals surface area (Å²) >= 11 is 0. The Kier molecular flexibility index (Phi) is 8.35. The summed E-state index contributed by atoms with van der Waals surface area (Å²) in [6.07, 6.45) is 2.64. The fourth-order valence-electron chi connectivity index (χ4n) is 4.78. The zero-order valence-corrected chi connectivity index (χ0v) is 21.4. The summed E-state index contributed by atoms with van der Waals surface area (Å²) in [5, 5.41) is 15.6. The number of nitrogens with one attached hydrogen (secondary N) is 2. The van der Waals surface area contributed by atoms with Crippen molar-refractivity contribution in [2.45, 2.75) is 39.2 Å². The first kappa shape index (κ1) is 26.8. The third kappa shape index (κ3) is 6.34. The molecular weight excluding hydrogens is 487 g/mol. The molecule has 2 aromatic carbocycles. The summed E-state index contributed by atoms with van der Waals surface area (Å²) in [5.41, 5.74) is 2.72. The number of pyridine rings is 1. The van der Waals surface area contributed by atoms with Crippen LogP contribution in [-0.2, 0) is 22.4 Å². The number of carboxylic acid groups (broad SMARTS) is 1. The van der Waals surface area contributed by atoms with Crippen molar-refractivity contribution < 1.29 is 23.9 Å². The van der Waals surface area contributed by atoms with E-state index >= 15 is 0 Å². The highest BCUT2D eigenvalue weighted by Crippen LogP contribution is 2.26. The highest BCUT2D eigenvalue weighted by Gasteiger charge is 2.30. The van der Waals surface area contributed by atoms with Crippen LogP contribution in [0.15, 0.2) is 60.8 Å². The number of aliphatic carboxylic acids is 1. The lowest BCUT2D eigenvalue weighted by molar-refractivity contribution is -0.139. The highest BCUT2D eigenvalue weighted by atomic mass is 19.1. The molecule has 3 N–H and O–H groups in total. The number of rotatable bonds is 10. The van der Waals surface area contributed by atoms with Gasteiger partial charge in [-0.1, -0.05) is 25.1 Å². The van der Waals surface area contributed by atoms with Crippen LogP contribution in [0.5, 0.6) is 0 Å². The Hall–Kier alpha value is -4.27. The zero-order valence-electron chi connectivity index (χ0n) is 21.4. The molecule has 2 unspecified atom stereocenters. The minimum Gasteiger partial charge on any atom is -0.480 e. The van der Waals surface area contributed by atoms with E-state index in [9.17, 15) is 23.9 Å². The SMILES string of the molecule is CCc1cc(F)cc(C)c1C(=O)NC(Cc1ccc(N2CC(CNc3ccccn3)CC2=O)cc1)C(=O)O. The Morgan fingerprint density at radius 2 is 1.95 bits per heavy atom. The molecule has 0 aliphatic carbocycles. The zero-order chi connectivity index (χ0) is 27.2. The van der Waals surface area contributed by atoms with Crippen molar-refractivity contribution in [2.24, 2.45) is 5.92 Å². The smallest absolute Gasteiger partial charge is 0.326 e. The molecule has 1 saturated heterocycles. The van der Waals surface area contributed by atoms with Gasteiger partial charge in [-0.15, -0.1) is 0 Å². The molecule has 8 nitrogen and oxygen atoms in total. The average molecular weight is 519 g/mol.